The van der Waals surface area contributed by atoms with Crippen molar-refractivity contribution in [2.45, 2.75) is 6.92 Å². The SMILES string of the molecule is Cc1c(/C=N/NC(=O)c2cccc3ccccc23)c2ccccc2n1C. The Bertz CT molecular complexity index is 1150. The Morgan fingerprint density at radius 3 is 2.50 bits per heavy atom. The van der Waals surface area contributed by atoms with Crippen LogP contribution in [0.25, 0.3) is 21.7 Å². The molecule has 0 fully saturated rings. The van der Waals surface area contributed by atoms with Gasteiger partial charge in [-0.2, -0.15) is 5.10 Å². The van der Waals surface area contributed by atoms with Crippen LogP contribution in [0.3, 0.4) is 0 Å². The number of hydrogen-bond donors (Lipinski definition) is 1. The number of rotatable bonds is 3. The van der Waals surface area contributed by atoms with E-state index in [2.05, 4.69) is 27.2 Å². The van der Waals surface area contributed by atoms with E-state index in [-0.39, 0.29) is 5.91 Å². The lowest BCUT2D eigenvalue weighted by atomic mass is 10.0. The summed E-state index contributed by atoms with van der Waals surface area (Å²) in [6.07, 6.45) is 1.72. The van der Waals surface area contributed by atoms with Crippen LogP contribution in [0.15, 0.2) is 71.8 Å². The van der Waals surface area contributed by atoms with Crippen LogP contribution in [0.1, 0.15) is 21.6 Å². The van der Waals surface area contributed by atoms with Crippen LogP contribution in [-0.4, -0.2) is 16.7 Å². The second-order valence-corrected chi connectivity index (χ2v) is 6.30. The standard InChI is InChI=1S/C22H19N3O/c1-15-20(18-11-5-6-13-21(18)25(15)2)14-23-24-22(26)19-12-7-9-16-8-3-4-10-17(16)19/h3-14H,1-2H3,(H,24,26)/b23-14+. The third kappa shape index (κ3) is 2.65. The van der Waals surface area contributed by atoms with Crippen molar-refractivity contribution in [2.24, 2.45) is 12.1 Å². The second kappa shape index (κ2) is 6.48. The number of nitrogens with one attached hydrogen (secondary N) is 1. The lowest BCUT2D eigenvalue weighted by Crippen LogP contribution is -2.18. The number of carbonyl (C=O) groups excluding carboxylic acids is 1. The summed E-state index contributed by atoms with van der Waals surface area (Å²) in [5.74, 6) is -0.212. The number of aryl methyl sites for hydroxylation is 1. The Hall–Kier alpha value is -3.40. The Balaban J connectivity index is 1.63. The van der Waals surface area contributed by atoms with E-state index in [1.165, 1.54) is 0 Å². The van der Waals surface area contributed by atoms with Gasteiger partial charge in [0.05, 0.1) is 6.21 Å². The number of benzene rings is 3. The number of fused-ring (bicyclic) bond motifs is 2. The molecule has 0 aliphatic rings. The Morgan fingerprint density at radius 1 is 0.962 bits per heavy atom. The van der Waals surface area contributed by atoms with E-state index in [0.717, 1.165) is 32.9 Å². The molecule has 1 heterocycles. The van der Waals surface area contributed by atoms with Crippen molar-refractivity contribution >= 4 is 33.8 Å². The third-order valence-electron chi connectivity index (χ3n) is 4.84. The molecule has 0 unspecified atom stereocenters. The summed E-state index contributed by atoms with van der Waals surface area (Å²) < 4.78 is 2.13. The molecular formula is C22H19N3O. The monoisotopic (exact) mass is 341 g/mol. The molecule has 1 amide bonds. The molecule has 0 radical (unpaired) electrons. The molecule has 0 aliphatic carbocycles. The minimum Gasteiger partial charge on any atom is -0.347 e. The molecule has 26 heavy (non-hydrogen) atoms. The van der Waals surface area contributed by atoms with E-state index in [1.807, 2.05) is 68.6 Å². The molecule has 4 rings (SSSR count). The molecule has 0 atom stereocenters. The van der Waals surface area contributed by atoms with Gasteiger partial charge in [-0.05, 0) is 29.8 Å². The molecule has 4 nitrogen and oxygen atoms in total. The maximum absolute atomic E-state index is 12.6. The van der Waals surface area contributed by atoms with E-state index >= 15 is 0 Å². The molecule has 1 N–H and O–H groups in total. The van der Waals surface area contributed by atoms with Crippen molar-refractivity contribution in [3.8, 4) is 0 Å². The van der Waals surface area contributed by atoms with Crippen molar-refractivity contribution < 1.29 is 4.79 Å². The summed E-state index contributed by atoms with van der Waals surface area (Å²) in [4.78, 5) is 12.6. The number of nitrogens with zero attached hydrogens (tertiary/aromatic N) is 2. The van der Waals surface area contributed by atoms with Crippen molar-refractivity contribution in [1.29, 1.82) is 0 Å². The van der Waals surface area contributed by atoms with Gasteiger partial charge in [-0.25, -0.2) is 5.43 Å². The van der Waals surface area contributed by atoms with Gasteiger partial charge in [-0.1, -0.05) is 54.6 Å². The zero-order valence-electron chi connectivity index (χ0n) is 14.7. The van der Waals surface area contributed by atoms with Gasteiger partial charge in [-0.3, -0.25) is 4.79 Å². The van der Waals surface area contributed by atoms with E-state index in [9.17, 15) is 4.79 Å². The van der Waals surface area contributed by atoms with Crippen LogP contribution in [0, 0.1) is 6.92 Å². The zero-order chi connectivity index (χ0) is 18.1. The first-order chi connectivity index (χ1) is 12.7. The molecule has 128 valence electrons. The fourth-order valence-electron chi connectivity index (χ4n) is 3.35. The molecule has 0 bridgehead atoms. The van der Waals surface area contributed by atoms with Gasteiger partial charge in [0.1, 0.15) is 0 Å². The van der Waals surface area contributed by atoms with Gasteiger partial charge >= 0.3 is 0 Å². The molecule has 3 aromatic carbocycles. The predicted molar refractivity (Wildman–Crippen MR) is 107 cm³/mol. The molecule has 0 saturated heterocycles. The van der Waals surface area contributed by atoms with Crippen LogP contribution < -0.4 is 5.43 Å². The minimum absolute atomic E-state index is 0.212. The van der Waals surface area contributed by atoms with Gasteiger partial charge in [0.15, 0.2) is 0 Å². The fourth-order valence-corrected chi connectivity index (χ4v) is 3.35. The maximum atomic E-state index is 12.6. The van der Waals surface area contributed by atoms with Crippen LogP contribution >= 0.6 is 0 Å². The maximum Gasteiger partial charge on any atom is 0.271 e. The summed E-state index contributed by atoms with van der Waals surface area (Å²) in [6.45, 7) is 2.05. The Labute approximate surface area is 151 Å². The summed E-state index contributed by atoms with van der Waals surface area (Å²) in [6, 6.07) is 21.7. The number of hydrogen-bond acceptors (Lipinski definition) is 2. The van der Waals surface area contributed by atoms with Crippen LogP contribution in [0.4, 0.5) is 0 Å². The average molecular weight is 341 g/mol. The van der Waals surface area contributed by atoms with E-state index in [0.29, 0.717) is 5.56 Å². The van der Waals surface area contributed by atoms with Gasteiger partial charge in [-0.15, -0.1) is 0 Å². The lowest BCUT2D eigenvalue weighted by Gasteiger charge is -2.04. The first-order valence-corrected chi connectivity index (χ1v) is 8.52. The number of carbonyl (C=O) groups is 1. The molecular weight excluding hydrogens is 322 g/mol. The highest BCUT2D eigenvalue weighted by Crippen LogP contribution is 2.23. The number of hydrazone groups is 1. The van der Waals surface area contributed by atoms with Crippen LogP contribution in [-0.2, 0) is 7.05 Å². The van der Waals surface area contributed by atoms with E-state index < -0.39 is 0 Å². The zero-order valence-corrected chi connectivity index (χ0v) is 14.7. The average Bonchev–Trinajstić information content (AvgIpc) is 2.92. The molecule has 4 aromatic rings. The van der Waals surface area contributed by atoms with Gasteiger partial charge < -0.3 is 4.57 Å². The van der Waals surface area contributed by atoms with Gasteiger partial charge in [0.2, 0.25) is 0 Å². The molecule has 0 saturated carbocycles. The van der Waals surface area contributed by atoms with Gasteiger partial charge in [0.25, 0.3) is 5.91 Å². The molecule has 0 spiro atoms. The first-order valence-electron chi connectivity index (χ1n) is 8.52. The fraction of sp³-hybridized carbons (Fsp3) is 0.0909. The number of para-hydroxylation sites is 1. The van der Waals surface area contributed by atoms with Gasteiger partial charge in [0, 0.05) is 34.8 Å². The summed E-state index contributed by atoms with van der Waals surface area (Å²) in [5, 5.41) is 7.29. The largest absolute Gasteiger partial charge is 0.347 e. The Kier molecular flexibility index (Phi) is 4.01. The van der Waals surface area contributed by atoms with Crippen molar-refractivity contribution in [3.63, 3.8) is 0 Å². The third-order valence-corrected chi connectivity index (χ3v) is 4.84. The highest BCUT2D eigenvalue weighted by Gasteiger charge is 2.11. The van der Waals surface area contributed by atoms with Crippen molar-refractivity contribution in [2.75, 3.05) is 0 Å². The molecule has 1 aromatic heterocycles. The second-order valence-electron chi connectivity index (χ2n) is 6.30. The lowest BCUT2D eigenvalue weighted by molar-refractivity contribution is 0.0957. The molecule has 0 aliphatic heterocycles. The van der Waals surface area contributed by atoms with Crippen LogP contribution in [0.2, 0.25) is 0 Å². The predicted octanol–water partition coefficient (Wildman–Crippen LogP) is 4.40. The number of aromatic nitrogens is 1. The topological polar surface area (TPSA) is 46.4 Å². The van der Waals surface area contributed by atoms with Crippen LogP contribution in [0.5, 0.6) is 0 Å². The van der Waals surface area contributed by atoms with Crippen molar-refractivity contribution in [3.05, 3.63) is 83.6 Å². The minimum atomic E-state index is -0.212. The Morgan fingerprint density at radius 2 is 1.65 bits per heavy atom. The highest BCUT2D eigenvalue weighted by molar-refractivity contribution is 6.07. The first kappa shape index (κ1) is 16.1. The van der Waals surface area contributed by atoms with E-state index in [4.69, 9.17) is 0 Å². The quantitative estimate of drug-likeness (QED) is 0.436. The highest BCUT2D eigenvalue weighted by atomic mass is 16.2. The summed E-state index contributed by atoms with van der Waals surface area (Å²) in [5.41, 5.74) is 6.55. The number of amides is 1. The van der Waals surface area contributed by atoms with E-state index in [1.54, 1.807) is 6.21 Å². The smallest absolute Gasteiger partial charge is 0.271 e. The summed E-state index contributed by atoms with van der Waals surface area (Å²) >= 11 is 0. The normalized spacial score (nSPS) is 11.5. The van der Waals surface area contributed by atoms with Crippen molar-refractivity contribution in [1.82, 2.24) is 9.99 Å². The molecule has 4 heteroatoms. The summed E-state index contributed by atoms with van der Waals surface area (Å²) in [7, 11) is 2.03.